The monoisotopic (exact) mass is 423 g/mol. The lowest BCUT2D eigenvalue weighted by Crippen LogP contribution is -2.30. The highest BCUT2D eigenvalue weighted by Crippen LogP contribution is 2.31. The molecular weight excluding hydrogens is 402 g/mol. The van der Waals surface area contributed by atoms with Crippen molar-refractivity contribution in [3.8, 4) is 0 Å². The van der Waals surface area contributed by atoms with Gasteiger partial charge >= 0.3 is 5.97 Å². The van der Waals surface area contributed by atoms with Gasteiger partial charge in [0, 0.05) is 18.7 Å². The molecule has 2 aliphatic rings. The summed E-state index contributed by atoms with van der Waals surface area (Å²) in [7, 11) is 0. The highest BCUT2D eigenvalue weighted by molar-refractivity contribution is 6.21. The smallest absolute Gasteiger partial charge is 0.338 e. The molecule has 1 heterocycles. The van der Waals surface area contributed by atoms with Gasteiger partial charge in [-0.1, -0.05) is 12.1 Å². The average molecular weight is 423 g/mol. The number of nitro groups is 1. The van der Waals surface area contributed by atoms with E-state index < -0.39 is 10.9 Å². The van der Waals surface area contributed by atoms with E-state index in [-0.39, 0.29) is 42.3 Å². The van der Waals surface area contributed by atoms with E-state index in [0.717, 1.165) is 12.8 Å². The zero-order chi connectivity index (χ0) is 22.0. The molecule has 2 aromatic carbocycles. The summed E-state index contributed by atoms with van der Waals surface area (Å²) in [5.74, 6) is -1.28. The minimum absolute atomic E-state index is 0.0812. The highest BCUT2D eigenvalue weighted by atomic mass is 16.6. The topological polar surface area (TPSA) is 119 Å². The largest absolute Gasteiger partial charge is 0.462 e. The second-order valence-corrected chi connectivity index (χ2v) is 7.56. The van der Waals surface area contributed by atoms with Crippen LogP contribution in [0, 0.1) is 10.1 Å². The number of hydrogen-bond acceptors (Lipinski definition) is 7. The van der Waals surface area contributed by atoms with E-state index in [2.05, 4.69) is 5.32 Å². The van der Waals surface area contributed by atoms with Crippen LogP contribution in [0.15, 0.2) is 42.5 Å². The third-order valence-electron chi connectivity index (χ3n) is 5.25. The van der Waals surface area contributed by atoms with Crippen molar-refractivity contribution in [3.05, 3.63) is 69.3 Å². The highest BCUT2D eigenvalue weighted by Gasteiger charge is 2.34. The van der Waals surface area contributed by atoms with Crippen molar-refractivity contribution in [3.63, 3.8) is 0 Å². The number of carbonyl (C=O) groups is 3. The lowest BCUT2D eigenvalue weighted by molar-refractivity contribution is -0.384. The molecule has 1 fully saturated rings. The Bertz CT molecular complexity index is 1030. The molecule has 2 amide bonds. The van der Waals surface area contributed by atoms with Crippen LogP contribution in [0.5, 0.6) is 0 Å². The van der Waals surface area contributed by atoms with Gasteiger partial charge in [0.1, 0.15) is 5.69 Å². The molecule has 0 spiro atoms. The van der Waals surface area contributed by atoms with Crippen molar-refractivity contribution in [1.29, 1.82) is 0 Å². The Labute approximate surface area is 178 Å². The number of nitro benzene ring substituents is 1. The predicted octanol–water partition coefficient (Wildman–Crippen LogP) is 3.40. The van der Waals surface area contributed by atoms with Crippen LogP contribution < -0.4 is 5.32 Å². The van der Waals surface area contributed by atoms with E-state index in [0.29, 0.717) is 29.7 Å². The number of fused-ring (bicyclic) bond motifs is 1. The first-order chi connectivity index (χ1) is 15.0. The number of nitrogens with one attached hydrogen (secondary N) is 1. The average Bonchev–Trinajstić information content (AvgIpc) is 3.55. The number of esters is 1. The Kier molecular flexibility index (Phi) is 5.66. The van der Waals surface area contributed by atoms with Crippen molar-refractivity contribution in [2.75, 3.05) is 18.5 Å². The maximum atomic E-state index is 12.3. The summed E-state index contributed by atoms with van der Waals surface area (Å²) >= 11 is 0. The molecule has 1 aliphatic carbocycles. The van der Waals surface area contributed by atoms with Gasteiger partial charge in [-0.2, -0.15) is 0 Å². The molecule has 0 aromatic heterocycles. The molecule has 0 unspecified atom stereocenters. The van der Waals surface area contributed by atoms with Gasteiger partial charge in [-0.25, -0.2) is 4.79 Å². The van der Waals surface area contributed by atoms with Crippen LogP contribution in [0.2, 0.25) is 0 Å². The zero-order valence-corrected chi connectivity index (χ0v) is 16.7. The SMILES string of the molecule is O=C(OCCCCN1C(=O)c2ccccc2C1=O)c1ccc(NC2CC2)c([N+](=O)[O-])c1. The van der Waals surface area contributed by atoms with Crippen LogP contribution >= 0.6 is 0 Å². The summed E-state index contributed by atoms with van der Waals surface area (Å²) in [6.45, 7) is 0.314. The number of nitrogens with zero attached hydrogens (tertiary/aromatic N) is 2. The van der Waals surface area contributed by atoms with Gasteiger partial charge < -0.3 is 10.1 Å². The normalized spacial score (nSPS) is 15.0. The number of ether oxygens (including phenoxy) is 1. The molecule has 1 aliphatic heterocycles. The van der Waals surface area contributed by atoms with Crippen molar-refractivity contribution >= 4 is 29.2 Å². The van der Waals surface area contributed by atoms with Crippen molar-refractivity contribution in [1.82, 2.24) is 4.90 Å². The first kappa shape index (κ1) is 20.5. The van der Waals surface area contributed by atoms with Crippen LogP contribution in [0.1, 0.15) is 56.8 Å². The third kappa shape index (κ3) is 4.40. The van der Waals surface area contributed by atoms with Gasteiger partial charge in [0.05, 0.1) is 28.2 Å². The van der Waals surface area contributed by atoms with E-state index in [1.807, 2.05) is 0 Å². The molecule has 0 saturated heterocycles. The summed E-state index contributed by atoms with van der Waals surface area (Å²) in [6, 6.07) is 11.2. The molecule has 1 saturated carbocycles. The summed E-state index contributed by atoms with van der Waals surface area (Å²) in [4.78, 5) is 48.9. The summed E-state index contributed by atoms with van der Waals surface area (Å²) in [5, 5.41) is 14.4. The van der Waals surface area contributed by atoms with Crippen molar-refractivity contribution < 1.29 is 24.0 Å². The van der Waals surface area contributed by atoms with Gasteiger partial charge in [0.25, 0.3) is 17.5 Å². The van der Waals surface area contributed by atoms with Gasteiger partial charge in [-0.3, -0.25) is 24.6 Å². The Morgan fingerprint density at radius 2 is 1.77 bits per heavy atom. The number of imide groups is 1. The molecule has 4 rings (SSSR count). The first-order valence-corrected chi connectivity index (χ1v) is 10.1. The van der Waals surface area contributed by atoms with Gasteiger partial charge in [0.2, 0.25) is 0 Å². The Morgan fingerprint density at radius 1 is 1.10 bits per heavy atom. The van der Waals surface area contributed by atoms with Gasteiger partial charge in [0.15, 0.2) is 0 Å². The Morgan fingerprint density at radius 3 is 2.39 bits per heavy atom. The van der Waals surface area contributed by atoms with Crippen LogP contribution in [0.25, 0.3) is 0 Å². The summed E-state index contributed by atoms with van der Waals surface area (Å²) in [6.07, 6.45) is 2.87. The summed E-state index contributed by atoms with van der Waals surface area (Å²) < 4.78 is 5.21. The summed E-state index contributed by atoms with van der Waals surface area (Å²) in [5.41, 5.74) is 1.14. The van der Waals surface area contributed by atoms with Crippen LogP contribution in [-0.4, -0.2) is 46.8 Å². The predicted molar refractivity (Wildman–Crippen MR) is 111 cm³/mol. The quantitative estimate of drug-likeness (QED) is 0.216. The molecule has 31 heavy (non-hydrogen) atoms. The lowest BCUT2D eigenvalue weighted by atomic mass is 10.1. The molecule has 9 nitrogen and oxygen atoms in total. The maximum Gasteiger partial charge on any atom is 0.338 e. The zero-order valence-electron chi connectivity index (χ0n) is 16.7. The van der Waals surface area contributed by atoms with E-state index in [4.69, 9.17) is 4.74 Å². The molecule has 160 valence electrons. The van der Waals surface area contributed by atoms with E-state index >= 15 is 0 Å². The molecule has 0 atom stereocenters. The molecule has 2 aromatic rings. The number of rotatable bonds is 9. The first-order valence-electron chi connectivity index (χ1n) is 10.1. The van der Waals surface area contributed by atoms with Gasteiger partial charge in [-0.15, -0.1) is 0 Å². The van der Waals surface area contributed by atoms with Crippen molar-refractivity contribution in [2.45, 2.75) is 31.7 Å². The van der Waals surface area contributed by atoms with E-state index in [1.165, 1.54) is 23.1 Å². The Hall–Kier alpha value is -3.75. The second-order valence-electron chi connectivity index (χ2n) is 7.56. The minimum Gasteiger partial charge on any atom is -0.462 e. The number of benzene rings is 2. The molecule has 9 heteroatoms. The fourth-order valence-corrected chi connectivity index (χ4v) is 3.44. The third-order valence-corrected chi connectivity index (χ3v) is 5.25. The standard InChI is InChI=1S/C22H21N3O6/c26-20-16-5-1-2-6-17(16)21(27)24(20)11-3-4-12-31-22(28)14-7-10-18(23-15-8-9-15)19(13-14)25(29)30/h1-2,5-7,10,13,15,23H,3-4,8-9,11-12H2. The second kappa shape index (κ2) is 8.55. The minimum atomic E-state index is -0.651. The van der Waals surface area contributed by atoms with Crippen LogP contribution in [0.3, 0.4) is 0 Å². The van der Waals surface area contributed by atoms with Crippen LogP contribution in [-0.2, 0) is 4.74 Å². The number of anilines is 1. The number of amides is 2. The number of carbonyl (C=O) groups excluding carboxylic acids is 3. The molecule has 0 bridgehead atoms. The number of hydrogen-bond donors (Lipinski definition) is 1. The van der Waals surface area contributed by atoms with Gasteiger partial charge in [-0.05, 0) is 49.9 Å². The van der Waals surface area contributed by atoms with E-state index in [1.54, 1.807) is 24.3 Å². The lowest BCUT2D eigenvalue weighted by Gasteiger charge is -2.13. The number of unbranched alkanes of at least 4 members (excludes halogenated alkanes) is 1. The fraction of sp³-hybridized carbons (Fsp3) is 0.318. The fourth-order valence-electron chi connectivity index (χ4n) is 3.44. The molecule has 1 N–H and O–H groups in total. The van der Waals surface area contributed by atoms with E-state index in [9.17, 15) is 24.5 Å². The van der Waals surface area contributed by atoms with Crippen molar-refractivity contribution in [2.24, 2.45) is 0 Å². The molecule has 0 radical (unpaired) electrons. The Balaban J connectivity index is 1.26. The molecular formula is C22H21N3O6. The maximum absolute atomic E-state index is 12.3. The van der Waals surface area contributed by atoms with Crippen LogP contribution in [0.4, 0.5) is 11.4 Å².